The lowest BCUT2D eigenvalue weighted by atomic mass is 9.77. The first-order chi connectivity index (χ1) is 31.5. The van der Waals surface area contributed by atoms with Crippen LogP contribution in [0, 0.1) is 18.8 Å². The summed E-state index contributed by atoms with van der Waals surface area (Å²) >= 11 is 6.36. The van der Waals surface area contributed by atoms with Gasteiger partial charge >= 0.3 is 12.2 Å². The normalized spacial score (nSPS) is 19.1. The Bertz CT molecular complexity index is 2420. The van der Waals surface area contributed by atoms with Gasteiger partial charge in [0, 0.05) is 80.9 Å². The lowest BCUT2D eigenvalue weighted by molar-refractivity contribution is -0.139. The summed E-state index contributed by atoms with van der Waals surface area (Å²) in [5, 5.41) is 4.32. The molecule has 5 N–H and O–H groups in total. The van der Waals surface area contributed by atoms with Crippen molar-refractivity contribution in [2.24, 2.45) is 17.6 Å². The molecule has 3 heterocycles. The Morgan fingerprint density at radius 3 is 2.32 bits per heavy atom. The second-order valence-electron chi connectivity index (χ2n) is 17.8. The van der Waals surface area contributed by atoms with E-state index in [1.807, 2.05) is 21.9 Å². The zero-order valence-electron chi connectivity index (χ0n) is 37.7. The number of nitrogens with two attached hydrogens (primary N) is 2. The fourth-order valence-electron chi connectivity index (χ4n) is 9.73. The van der Waals surface area contributed by atoms with Gasteiger partial charge in [0.25, 0.3) is 5.91 Å². The Balaban J connectivity index is 0.885. The number of hydrogen-bond donors (Lipinski definition) is 3. The van der Waals surface area contributed by atoms with Crippen LogP contribution in [0.15, 0.2) is 48.5 Å². The SMILES string of the molecule is COc1cc2nc(C)nc(N[C@H](C)c3cc(N)cc(C(F)(F)F)c3)c2cc1[C@H]1CC[C@H](C(=O)N2CCN(CCC3CCN(C(=O)c4ccc(Cl)c(N(CCC=O)C(N)=O)c4)CC3)CC2)CC1. The van der Waals surface area contributed by atoms with Crippen LogP contribution in [0.5, 0.6) is 5.75 Å². The molecule has 2 aliphatic heterocycles. The van der Waals surface area contributed by atoms with Crippen LogP contribution in [0.2, 0.25) is 5.02 Å². The number of piperazine rings is 1. The zero-order chi connectivity index (χ0) is 47.3. The summed E-state index contributed by atoms with van der Waals surface area (Å²) < 4.78 is 46.7. The monoisotopic (exact) mass is 933 g/mol. The molecule has 354 valence electrons. The first-order valence-corrected chi connectivity index (χ1v) is 23.1. The molecule has 3 aliphatic rings. The Morgan fingerprint density at radius 1 is 0.955 bits per heavy atom. The molecule has 1 aliphatic carbocycles. The number of benzene rings is 3. The van der Waals surface area contributed by atoms with Gasteiger partial charge in [-0.2, -0.15) is 13.2 Å². The number of piperidine rings is 1. The number of carbonyl (C=O) groups is 4. The molecule has 4 amide bonds. The van der Waals surface area contributed by atoms with Crippen molar-refractivity contribution >= 4 is 63.8 Å². The van der Waals surface area contributed by atoms with Crippen molar-refractivity contribution in [1.29, 1.82) is 0 Å². The predicted octanol–water partition coefficient (Wildman–Crippen LogP) is 8.21. The third kappa shape index (κ3) is 11.3. The minimum atomic E-state index is -4.53. The van der Waals surface area contributed by atoms with Crippen molar-refractivity contribution in [1.82, 2.24) is 24.7 Å². The second kappa shape index (κ2) is 20.9. The van der Waals surface area contributed by atoms with Crippen LogP contribution >= 0.6 is 11.6 Å². The number of ether oxygens (including phenoxy) is 1. The summed E-state index contributed by atoms with van der Waals surface area (Å²) in [5.41, 5.74) is 13.4. The standard InChI is InChI=1S/C48H59ClF3N9O5/c1-29(35-23-36(48(50,51)52)26-37(53)24-35)55-44-39-27-38(43(66-3)28-41(39)56-30(2)57-44)32-5-7-33(8-6-32)45(63)60-20-18-58(19-21-60)15-11-31-12-16-59(17-13-31)46(64)34-9-10-40(49)42(25-34)61(47(54)65)14-4-22-62/h9-10,22-29,31-33H,4-8,11-21,53H2,1-3H3,(H2,54,65)(H,55,56,57)/t29-,32-,33-/m1/s1. The molecule has 2 saturated heterocycles. The van der Waals surface area contributed by atoms with Gasteiger partial charge < -0.3 is 36.1 Å². The Labute approximate surface area is 388 Å². The molecule has 18 heteroatoms. The first-order valence-electron chi connectivity index (χ1n) is 22.7. The fourth-order valence-corrected chi connectivity index (χ4v) is 9.95. The minimum Gasteiger partial charge on any atom is -0.496 e. The predicted molar refractivity (Wildman–Crippen MR) is 249 cm³/mol. The highest BCUT2D eigenvalue weighted by atomic mass is 35.5. The van der Waals surface area contributed by atoms with Crippen LogP contribution in [0.3, 0.4) is 0 Å². The number of aldehydes is 1. The number of amides is 4. The number of nitrogens with one attached hydrogen (secondary N) is 1. The van der Waals surface area contributed by atoms with Crippen LogP contribution in [0.25, 0.3) is 10.9 Å². The third-order valence-electron chi connectivity index (χ3n) is 13.5. The smallest absolute Gasteiger partial charge is 0.416 e. The highest BCUT2D eigenvalue weighted by Gasteiger charge is 2.34. The Hall–Kier alpha value is -5.68. The molecule has 1 saturated carbocycles. The van der Waals surface area contributed by atoms with Crippen molar-refractivity contribution < 1.29 is 37.1 Å². The van der Waals surface area contributed by atoms with E-state index >= 15 is 0 Å². The van der Waals surface area contributed by atoms with Crippen LogP contribution in [-0.2, 0) is 15.8 Å². The number of urea groups is 1. The van der Waals surface area contributed by atoms with E-state index in [0.29, 0.717) is 78.1 Å². The lowest BCUT2D eigenvalue weighted by Gasteiger charge is -2.39. The largest absolute Gasteiger partial charge is 0.496 e. The van der Waals surface area contributed by atoms with E-state index in [-0.39, 0.29) is 47.3 Å². The van der Waals surface area contributed by atoms with Gasteiger partial charge in [0.2, 0.25) is 5.91 Å². The van der Waals surface area contributed by atoms with Gasteiger partial charge in [-0.25, -0.2) is 14.8 Å². The molecule has 66 heavy (non-hydrogen) atoms. The second-order valence-corrected chi connectivity index (χ2v) is 18.2. The number of aromatic nitrogens is 2. The topological polar surface area (TPSA) is 180 Å². The molecule has 0 bridgehead atoms. The average Bonchev–Trinajstić information content (AvgIpc) is 3.30. The fraction of sp³-hybridized carbons (Fsp3) is 0.500. The van der Waals surface area contributed by atoms with Crippen molar-refractivity contribution in [3.05, 3.63) is 81.6 Å². The van der Waals surface area contributed by atoms with Crippen LogP contribution in [0.1, 0.15) is 103 Å². The van der Waals surface area contributed by atoms with E-state index in [4.69, 9.17) is 27.8 Å². The maximum absolute atomic E-state index is 13.8. The number of primary amides is 1. The number of methoxy groups -OCH3 is 1. The number of anilines is 3. The van der Waals surface area contributed by atoms with Crippen molar-refractivity contribution in [2.45, 2.75) is 83.4 Å². The summed E-state index contributed by atoms with van der Waals surface area (Å²) in [4.78, 5) is 67.1. The van der Waals surface area contributed by atoms with E-state index in [2.05, 4.69) is 20.2 Å². The Kier molecular flexibility index (Phi) is 15.3. The number of hydrogen-bond acceptors (Lipinski definition) is 10. The lowest BCUT2D eigenvalue weighted by Crippen LogP contribution is -2.51. The Morgan fingerprint density at radius 2 is 1.67 bits per heavy atom. The van der Waals surface area contributed by atoms with Gasteiger partial charge in [-0.05, 0) is 131 Å². The summed E-state index contributed by atoms with van der Waals surface area (Å²) in [6.45, 7) is 8.80. The van der Waals surface area contributed by atoms with E-state index in [9.17, 15) is 32.3 Å². The van der Waals surface area contributed by atoms with Crippen LogP contribution in [0.4, 0.5) is 35.2 Å². The number of likely N-dealkylation sites (tertiary alicyclic amines) is 1. The van der Waals surface area contributed by atoms with Crippen molar-refractivity contribution in [2.75, 3.05) is 75.4 Å². The maximum atomic E-state index is 13.8. The van der Waals surface area contributed by atoms with E-state index in [0.717, 1.165) is 87.7 Å². The molecule has 1 aromatic heterocycles. The molecular weight excluding hydrogens is 875 g/mol. The molecule has 3 aromatic carbocycles. The number of nitrogen functional groups attached to an aromatic ring is 1. The summed E-state index contributed by atoms with van der Waals surface area (Å²) in [6.07, 6.45) is 2.14. The van der Waals surface area contributed by atoms with E-state index in [1.54, 1.807) is 39.2 Å². The van der Waals surface area contributed by atoms with Gasteiger partial charge in [-0.15, -0.1) is 0 Å². The highest BCUT2D eigenvalue weighted by Crippen LogP contribution is 2.43. The molecule has 0 spiro atoms. The molecule has 0 radical (unpaired) electrons. The van der Waals surface area contributed by atoms with Crippen LogP contribution < -0.4 is 26.4 Å². The summed E-state index contributed by atoms with van der Waals surface area (Å²) in [5.74, 6) is 2.33. The number of carbonyl (C=O) groups excluding carboxylic acids is 4. The quantitative estimate of drug-likeness (QED) is 0.0824. The van der Waals surface area contributed by atoms with Gasteiger partial charge in [0.05, 0.1) is 34.9 Å². The third-order valence-corrected chi connectivity index (χ3v) is 13.8. The maximum Gasteiger partial charge on any atom is 0.416 e. The average molecular weight is 935 g/mol. The van der Waals surface area contributed by atoms with Gasteiger partial charge in [0.1, 0.15) is 23.7 Å². The number of fused-ring (bicyclic) bond motifs is 1. The summed E-state index contributed by atoms with van der Waals surface area (Å²) in [6, 6.07) is 10.9. The molecule has 0 unspecified atom stereocenters. The first kappa shape index (κ1) is 48.3. The van der Waals surface area contributed by atoms with E-state index < -0.39 is 23.8 Å². The number of aryl methyl sites for hydroxylation is 1. The molecule has 7 rings (SSSR count). The zero-order valence-corrected chi connectivity index (χ0v) is 38.5. The number of nitrogens with zero attached hydrogens (tertiary/aromatic N) is 6. The van der Waals surface area contributed by atoms with E-state index in [1.165, 1.54) is 11.0 Å². The molecule has 3 fully saturated rings. The van der Waals surface area contributed by atoms with Gasteiger partial charge in [-0.3, -0.25) is 19.4 Å². The van der Waals surface area contributed by atoms with Gasteiger partial charge in [0.15, 0.2) is 0 Å². The molecule has 14 nitrogen and oxygen atoms in total. The number of rotatable bonds is 14. The van der Waals surface area contributed by atoms with Crippen molar-refractivity contribution in [3.8, 4) is 5.75 Å². The number of halogens is 4. The highest BCUT2D eigenvalue weighted by molar-refractivity contribution is 6.34. The molecule has 4 aromatic rings. The molecule has 1 atom stereocenters. The molecular formula is C48H59ClF3N9O5. The minimum absolute atomic E-state index is 0.0253. The van der Waals surface area contributed by atoms with Gasteiger partial charge in [-0.1, -0.05) is 11.6 Å². The van der Waals surface area contributed by atoms with Crippen molar-refractivity contribution in [3.63, 3.8) is 0 Å². The summed E-state index contributed by atoms with van der Waals surface area (Å²) in [7, 11) is 1.63. The van der Waals surface area contributed by atoms with Crippen LogP contribution in [-0.4, -0.2) is 108 Å². The number of alkyl halides is 3.